The van der Waals surface area contributed by atoms with Gasteiger partial charge in [-0.25, -0.2) is 4.98 Å². The second-order valence-corrected chi connectivity index (χ2v) is 27.4. The van der Waals surface area contributed by atoms with E-state index in [2.05, 4.69) is 30.9 Å². The molecule has 0 saturated carbocycles. The molecule has 0 atom stereocenters. The van der Waals surface area contributed by atoms with Crippen LogP contribution in [-0.2, 0) is 19.3 Å². The van der Waals surface area contributed by atoms with Crippen LogP contribution < -0.4 is 20.9 Å². The number of rotatable bonds is 18. The highest BCUT2D eigenvalue weighted by atomic mass is 16.3. The summed E-state index contributed by atoms with van der Waals surface area (Å²) >= 11 is 0. The van der Waals surface area contributed by atoms with E-state index in [1.807, 2.05) is 232 Å². The maximum atomic E-state index is 14.3. The number of carbonyl (C=O) groups excluding carboxylic acids is 3. The number of phenolic OH excluding ortho intramolecular Hbond substituents is 3. The largest absolute Gasteiger partial charge is 0.505 e. The van der Waals surface area contributed by atoms with Gasteiger partial charge in [0, 0.05) is 93.5 Å². The molecule has 112 heavy (non-hydrogen) atoms. The van der Waals surface area contributed by atoms with Crippen molar-refractivity contribution >= 4 is 184 Å². The lowest BCUT2D eigenvalue weighted by Crippen LogP contribution is -2.13. The van der Waals surface area contributed by atoms with Crippen molar-refractivity contribution in [3.05, 3.63) is 300 Å². The Bertz CT molecular complexity index is 6320. The highest BCUT2D eigenvalue weighted by Gasteiger charge is 2.27. The zero-order chi connectivity index (χ0) is 76.3. The van der Waals surface area contributed by atoms with Gasteiger partial charge in [0.15, 0.2) is 17.2 Å². The van der Waals surface area contributed by atoms with E-state index >= 15 is 0 Å². The number of anilines is 6. The Kier molecular flexibility index (Phi) is 17.5. The number of fused-ring (bicyclic) bond motifs is 15. The van der Waals surface area contributed by atoms with Crippen molar-refractivity contribution in [2.24, 2.45) is 30.7 Å². The Labute approximate surface area is 639 Å². The van der Waals surface area contributed by atoms with E-state index in [9.17, 15) is 29.7 Å². The van der Waals surface area contributed by atoms with Crippen LogP contribution in [0, 0.1) is 0 Å². The number of para-hydroxylation sites is 6. The average molecular weight is 1470 g/mol. The second kappa shape index (κ2) is 28.5. The first-order valence-corrected chi connectivity index (χ1v) is 36.8. The fraction of sp³-hybridized carbons (Fsp3) is 0.0652. The minimum absolute atomic E-state index is 0.00942. The summed E-state index contributed by atoms with van der Waals surface area (Å²) in [6.07, 6.45) is 3.59. The van der Waals surface area contributed by atoms with Crippen molar-refractivity contribution in [1.82, 2.24) is 19.9 Å². The molecule has 20 nitrogen and oxygen atoms in total. The van der Waals surface area contributed by atoms with Gasteiger partial charge in [0.1, 0.15) is 28.6 Å². The van der Waals surface area contributed by atoms with Crippen LogP contribution in [0.4, 0.5) is 68.4 Å². The molecule has 0 spiro atoms. The van der Waals surface area contributed by atoms with Crippen LogP contribution in [-0.4, -0.2) is 53.0 Å². The Hall–Kier alpha value is -15.2. The molecule has 0 unspecified atom stereocenters. The number of aromatic hydroxyl groups is 3. The van der Waals surface area contributed by atoms with Crippen molar-refractivity contribution in [3.63, 3.8) is 0 Å². The van der Waals surface area contributed by atoms with Gasteiger partial charge in [-0.15, -0.1) is 20.5 Å². The fourth-order valence-electron chi connectivity index (χ4n) is 15.2. The normalized spacial score (nSPS) is 11.9. The zero-order valence-electron chi connectivity index (χ0n) is 60.7. The molecule has 4 heterocycles. The molecule has 18 rings (SSSR count). The highest BCUT2D eigenvalue weighted by Crippen LogP contribution is 2.49. The summed E-state index contributed by atoms with van der Waals surface area (Å²) in [6.45, 7) is 6.03. The van der Waals surface area contributed by atoms with E-state index in [-0.39, 0.29) is 51.0 Å². The number of hydrogen-bond acceptors (Lipinski definition) is 14. The number of aryl methyl sites for hydroxylation is 3. The summed E-state index contributed by atoms with van der Waals surface area (Å²) in [4.78, 5) is 60.6. The first-order valence-electron chi connectivity index (χ1n) is 36.8. The van der Waals surface area contributed by atoms with Gasteiger partial charge in [0.25, 0.3) is 17.7 Å². The predicted octanol–water partition coefficient (Wildman–Crippen LogP) is 24.7. The molecular weight excluding hydrogens is 1400 g/mol. The van der Waals surface area contributed by atoms with Crippen molar-refractivity contribution in [3.8, 4) is 17.2 Å². The van der Waals surface area contributed by atoms with Gasteiger partial charge in [-0.2, -0.15) is 10.2 Å². The highest BCUT2D eigenvalue weighted by molar-refractivity contribution is 6.26. The topological polar surface area (TPSA) is 286 Å². The number of benzene rings is 14. The number of pyridine rings is 1. The molecule has 9 N–H and O–H groups in total. The van der Waals surface area contributed by atoms with E-state index in [1.54, 1.807) is 60.8 Å². The zero-order valence-corrected chi connectivity index (χ0v) is 60.7. The van der Waals surface area contributed by atoms with Gasteiger partial charge in [-0.1, -0.05) is 166 Å². The maximum Gasteiger partial charge on any atom is 0.259 e. The Morgan fingerprint density at radius 3 is 0.991 bits per heavy atom. The third kappa shape index (κ3) is 12.3. The number of aromatic nitrogens is 4. The number of phenols is 3. The Balaban J connectivity index is 0.731. The first-order chi connectivity index (χ1) is 54.9. The quantitative estimate of drug-likeness (QED) is 0.0371. The van der Waals surface area contributed by atoms with E-state index in [1.165, 1.54) is 0 Å². The number of nitrogens with zero attached hydrogens (tertiary/aromatic N) is 8. The molecule has 20 heteroatoms. The molecule has 542 valence electrons. The van der Waals surface area contributed by atoms with E-state index < -0.39 is 17.7 Å². The van der Waals surface area contributed by atoms with Crippen molar-refractivity contribution in [2.75, 3.05) is 20.9 Å². The molecule has 0 bridgehead atoms. The van der Waals surface area contributed by atoms with Crippen LogP contribution >= 0.6 is 0 Å². The summed E-state index contributed by atoms with van der Waals surface area (Å²) in [5.41, 5.74) is 12.2. The van der Waals surface area contributed by atoms with Gasteiger partial charge < -0.3 is 46.2 Å². The van der Waals surface area contributed by atoms with Crippen molar-refractivity contribution in [1.29, 1.82) is 0 Å². The smallest absolute Gasteiger partial charge is 0.259 e. The second-order valence-electron chi connectivity index (χ2n) is 27.4. The Morgan fingerprint density at radius 1 is 0.348 bits per heavy atom. The van der Waals surface area contributed by atoms with Gasteiger partial charge in [-0.3, -0.25) is 19.3 Å². The Morgan fingerprint density at radius 2 is 0.661 bits per heavy atom. The van der Waals surface area contributed by atoms with Crippen molar-refractivity contribution in [2.45, 2.75) is 40.0 Å². The molecule has 0 radical (unpaired) electrons. The monoisotopic (exact) mass is 1460 g/mol. The lowest BCUT2D eigenvalue weighted by molar-refractivity contribution is 0.101. The molecule has 0 aliphatic heterocycles. The fourth-order valence-corrected chi connectivity index (χ4v) is 15.2. The molecule has 3 amide bonds. The van der Waals surface area contributed by atoms with Crippen LogP contribution in [0.3, 0.4) is 0 Å². The summed E-state index contributed by atoms with van der Waals surface area (Å²) in [5, 5.41) is 84.1. The average Bonchev–Trinajstić information content (AvgIpc) is 1.46. The maximum absolute atomic E-state index is 14.3. The van der Waals surface area contributed by atoms with Crippen LogP contribution in [0.2, 0.25) is 0 Å². The predicted molar refractivity (Wildman–Crippen MR) is 448 cm³/mol. The number of carbonyl (C=O) groups is 3. The van der Waals surface area contributed by atoms with E-state index in [4.69, 9.17) is 35.7 Å². The van der Waals surface area contributed by atoms with Gasteiger partial charge in [0.05, 0.1) is 50.8 Å². The number of amides is 3. The first kappa shape index (κ1) is 68.6. The number of nitrogens with one attached hydrogen (secondary N) is 6. The number of H-pyrrole nitrogens is 3. The number of aromatic amines is 3. The standard InChI is InChI=1S/C92H68N14O6/c1-4-51-19-7-13-25-71(51)97-90(110)68-47-54-31-43-65-62-22-10-16-28-74(62)94-81(65)78(54)84(87(68)107)103-100-57-34-39-60(40-35-57)106(61-41-36-58(37-42-61)101-104-85-79-55(32-44-66-63-23-11-17-29-75(63)95-82(66)79)48-69(88(85)108)91(111)98-72-26-14-8-20-52(72)5-2)77-46-38-59(50-93-77)102-105-86-80-56(33-45-67-64-24-12-18-30-76(64)96-83(67)80)49-70(89(86)109)92(112)99-73-27-15-9-21-53(73)6-3/h7-50,94-96,107-109H,4-6H2,1-3H3,(H,97,110)(H,98,111)(H,99,112)/b103-100+,104-101?,105-102?. The SMILES string of the molecule is CCc1ccccc1NC(=O)c1cc2ccc3c4ccccc4[nH]c3c2c(N=Nc2ccc(N(c3ccc(/N=N/c4c(O)c(C(=O)Nc5ccccc5CC)cc5ccc6c7ccccc7[nH]c6c45)cc3)c3ccc(N=Nc4c(O)c(C(=O)Nc5ccccc5CC)cc5ccc6c7ccccc7[nH]c6c45)cn3)cc2)c1O. The molecule has 0 fully saturated rings. The number of hydrogen-bond donors (Lipinski definition) is 9. The lowest BCUT2D eigenvalue weighted by Gasteiger charge is -2.24. The molecular formula is C92H68N14O6. The molecule has 14 aromatic carbocycles. The van der Waals surface area contributed by atoms with E-state index in [0.29, 0.717) is 119 Å². The molecule has 0 aliphatic rings. The third-order valence-corrected chi connectivity index (χ3v) is 20.8. The lowest BCUT2D eigenvalue weighted by atomic mass is 10.00. The minimum atomic E-state index is -0.520. The minimum Gasteiger partial charge on any atom is -0.505 e. The molecule has 4 aromatic heterocycles. The van der Waals surface area contributed by atoms with Crippen LogP contribution in [0.25, 0.3) is 97.7 Å². The van der Waals surface area contributed by atoms with Gasteiger partial charge in [-0.05, 0) is 167 Å². The van der Waals surface area contributed by atoms with Gasteiger partial charge in [0.2, 0.25) is 0 Å². The van der Waals surface area contributed by atoms with Crippen molar-refractivity contribution < 1.29 is 29.7 Å². The summed E-state index contributed by atoms with van der Waals surface area (Å²) in [5.74, 6) is -2.17. The molecule has 0 aliphatic carbocycles. The van der Waals surface area contributed by atoms with Crippen LogP contribution in [0.1, 0.15) is 68.5 Å². The number of azo groups is 3. The van der Waals surface area contributed by atoms with Crippen LogP contribution in [0.15, 0.2) is 298 Å². The molecule has 18 aromatic rings. The third-order valence-electron chi connectivity index (χ3n) is 20.8. The van der Waals surface area contributed by atoms with E-state index in [0.717, 1.165) is 65.6 Å². The van der Waals surface area contributed by atoms with Gasteiger partial charge >= 0.3 is 0 Å². The summed E-state index contributed by atoms with van der Waals surface area (Å²) in [7, 11) is 0. The van der Waals surface area contributed by atoms with Crippen LogP contribution in [0.5, 0.6) is 17.2 Å². The summed E-state index contributed by atoms with van der Waals surface area (Å²) < 4.78 is 0. The molecule has 0 saturated heterocycles. The summed E-state index contributed by atoms with van der Waals surface area (Å²) in [6, 6.07) is 81.2.